The molecule has 174 valence electrons. The van der Waals surface area contributed by atoms with Crippen molar-refractivity contribution in [2.45, 2.75) is 52.1 Å². The van der Waals surface area contributed by atoms with E-state index in [9.17, 15) is 13.2 Å². The van der Waals surface area contributed by atoms with Crippen LogP contribution in [0.5, 0.6) is 0 Å². The lowest BCUT2D eigenvalue weighted by molar-refractivity contribution is -0.137. The van der Waals surface area contributed by atoms with Crippen LogP contribution in [0.25, 0.3) is 16.9 Å². The summed E-state index contributed by atoms with van der Waals surface area (Å²) in [5, 5.41) is 4.26. The lowest BCUT2D eigenvalue weighted by Gasteiger charge is -2.23. The number of halogens is 3. The van der Waals surface area contributed by atoms with Crippen LogP contribution >= 0.6 is 0 Å². The maximum Gasteiger partial charge on any atom is 0.416 e. The molecule has 0 saturated heterocycles. The first-order chi connectivity index (χ1) is 15.5. The van der Waals surface area contributed by atoms with Crippen molar-refractivity contribution in [2.75, 3.05) is 7.11 Å². The van der Waals surface area contributed by atoms with Gasteiger partial charge in [0.2, 0.25) is 0 Å². The van der Waals surface area contributed by atoms with Crippen LogP contribution in [0.1, 0.15) is 56.5 Å². The highest BCUT2D eigenvalue weighted by atomic mass is 19.4. The zero-order valence-corrected chi connectivity index (χ0v) is 19.6. The lowest BCUT2D eigenvalue weighted by atomic mass is 9.86. The summed E-state index contributed by atoms with van der Waals surface area (Å²) in [6, 6.07) is 15.9. The fourth-order valence-corrected chi connectivity index (χ4v) is 4.49. The molecule has 0 amide bonds. The van der Waals surface area contributed by atoms with Crippen LogP contribution in [0.4, 0.5) is 13.2 Å². The van der Waals surface area contributed by atoms with Crippen LogP contribution < -0.4 is 0 Å². The van der Waals surface area contributed by atoms with Crippen LogP contribution in [0.2, 0.25) is 0 Å². The molecule has 1 aliphatic rings. The summed E-state index contributed by atoms with van der Waals surface area (Å²) in [4.78, 5) is 5.11. The second-order valence-electron chi connectivity index (χ2n) is 9.83. The molecule has 0 radical (unpaired) electrons. The first kappa shape index (κ1) is 23.1. The van der Waals surface area contributed by atoms with E-state index in [2.05, 4.69) is 67.7 Å². The molecule has 1 unspecified atom stereocenters. The molecule has 2 aromatic carbocycles. The molecule has 6 heteroatoms. The molecule has 0 bridgehead atoms. The molecule has 0 aliphatic heterocycles. The van der Waals surface area contributed by atoms with Crippen LogP contribution in [0, 0.1) is 5.92 Å². The molecule has 33 heavy (non-hydrogen) atoms. The number of fused-ring (bicyclic) bond motifs is 1. The van der Waals surface area contributed by atoms with Crippen LogP contribution in [0.3, 0.4) is 0 Å². The average Bonchev–Trinajstić information content (AvgIpc) is 3.12. The summed E-state index contributed by atoms with van der Waals surface area (Å²) in [7, 11) is 1.53. The Kier molecular flexibility index (Phi) is 5.89. The third kappa shape index (κ3) is 4.56. The number of nitrogens with zero attached hydrogens (tertiary/aromatic N) is 2. The Hall–Kier alpha value is -3.02. The molecule has 0 fully saturated rings. The minimum absolute atomic E-state index is 0.0287. The van der Waals surface area contributed by atoms with Gasteiger partial charge >= 0.3 is 6.18 Å². The van der Waals surface area contributed by atoms with Gasteiger partial charge in [-0.1, -0.05) is 57.1 Å². The maximum absolute atomic E-state index is 13.2. The second kappa shape index (κ2) is 8.40. The van der Waals surface area contributed by atoms with Crippen molar-refractivity contribution in [2.24, 2.45) is 11.1 Å². The quantitative estimate of drug-likeness (QED) is 0.379. The van der Waals surface area contributed by atoms with Gasteiger partial charge in [0.25, 0.3) is 0 Å². The Balaban J connectivity index is 1.91. The van der Waals surface area contributed by atoms with E-state index < -0.39 is 11.7 Å². The van der Waals surface area contributed by atoms with Crippen molar-refractivity contribution in [3.8, 4) is 16.9 Å². The second-order valence-corrected chi connectivity index (χ2v) is 9.83. The minimum atomic E-state index is -4.37. The standard InChI is InChI=1S/C27H29F3N2O/c1-17-14-23(31-33-5)22-16-24(18-6-8-19(9-7-18)26(2,3)4)32(25(22)15-17)21-12-10-20(11-13-21)27(28,29)30/h6-13,16-17H,14-15H2,1-5H3/b31-23+. The third-order valence-electron chi connectivity index (χ3n) is 6.20. The third-order valence-corrected chi connectivity index (χ3v) is 6.20. The minimum Gasteiger partial charge on any atom is -0.399 e. The Bertz CT molecular complexity index is 1160. The monoisotopic (exact) mass is 454 g/mol. The van der Waals surface area contributed by atoms with Crippen molar-refractivity contribution in [1.82, 2.24) is 4.57 Å². The van der Waals surface area contributed by atoms with Crippen molar-refractivity contribution >= 4 is 5.71 Å². The summed E-state index contributed by atoms with van der Waals surface area (Å²) < 4.78 is 41.6. The molecule has 0 N–H and O–H groups in total. The Labute approximate surface area is 192 Å². The van der Waals surface area contributed by atoms with Gasteiger partial charge in [-0.2, -0.15) is 13.2 Å². The number of aromatic nitrogens is 1. The average molecular weight is 455 g/mol. The van der Waals surface area contributed by atoms with Gasteiger partial charge < -0.3 is 9.40 Å². The summed E-state index contributed by atoms with van der Waals surface area (Å²) in [6.45, 7) is 8.65. The largest absolute Gasteiger partial charge is 0.416 e. The highest BCUT2D eigenvalue weighted by Gasteiger charge is 2.31. The number of hydrogen-bond donors (Lipinski definition) is 0. The van der Waals surface area contributed by atoms with Crippen LogP contribution in [-0.2, 0) is 22.8 Å². The lowest BCUT2D eigenvalue weighted by Crippen LogP contribution is -2.20. The zero-order chi connectivity index (χ0) is 24.0. The highest BCUT2D eigenvalue weighted by Crippen LogP contribution is 2.37. The normalized spacial score (nSPS) is 17.8. The van der Waals surface area contributed by atoms with E-state index >= 15 is 0 Å². The molecule has 3 aromatic rings. The van der Waals surface area contributed by atoms with Gasteiger partial charge in [0, 0.05) is 16.9 Å². The highest BCUT2D eigenvalue weighted by molar-refractivity contribution is 6.03. The van der Waals surface area contributed by atoms with E-state index in [1.807, 2.05) is 0 Å². The fourth-order valence-electron chi connectivity index (χ4n) is 4.49. The van der Waals surface area contributed by atoms with E-state index in [-0.39, 0.29) is 5.41 Å². The van der Waals surface area contributed by atoms with E-state index in [1.54, 1.807) is 12.1 Å². The van der Waals surface area contributed by atoms with E-state index in [4.69, 9.17) is 4.84 Å². The number of hydrogen-bond acceptors (Lipinski definition) is 2. The van der Waals surface area contributed by atoms with E-state index in [0.717, 1.165) is 53.2 Å². The Morgan fingerprint density at radius 3 is 2.06 bits per heavy atom. The maximum atomic E-state index is 13.2. The van der Waals surface area contributed by atoms with Gasteiger partial charge in [0.15, 0.2) is 0 Å². The van der Waals surface area contributed by atoms with Crippen LogP contribution in [-0.4, -0.2) is 17.4 Å². The van der Waals surface area contributed by atoms with Gasteiger partial charge in [0.05, 0.1) is 17.0 Å². The fraction of sp³-hybridized carbons (Fsp3) is 0.370. The molecule has 1 atom stereocenters. The molecule has 1 heterocycles. The molecular formula is C27H29F3N2O. The predicted molar refractivity (Wildman–Crippen MR) is 126 cm³/mol. The van der Waals surface area contributed by atoms with Crippen molar-refractivity contribution < 1.29 is 18.0 Å². The number of alkyl halides is 3. The SMILES string of the molecule is CO/N=C1\CC(C)Cc2c1cc(-c1ccc(C(C)(C)C)cc1)n2-c1ccc(C(F)(F)F)cc1. The van der Waals surface area contributed by atoms with E-state index in [1.165, 1.54) is 12.7 Å². The van der Waals surface area contributed by atoms with Crippen molar-refractivity contribution in [3.63, 3.8) is 0 Å². The molecule has 1 aromatic heterocycles. The molecule has 0 saturated carbocycles. The molecule has 0 spiro atoms. The van der Waals surface area contributed by atoms with Crippen molar-refractivity contribution in [1.29, 1.82) is 0 Å². The first-order valence-electron chi connectivity index (χ1n) is 11.1. The van der Waals surface area contributed by atoms with Gasteiger partial charge in [-0.15, -0.1) is 0 Å². The summed E-state index contributed by atoms with van der Waals surface area (Å²) in [5.74, 6) is 0.339. The number of rotatable bonds is 3. The van der Waals surface area contributed by atoms with Gasteiger partial charge in [-0.25, -0.2) is 0 Å². The summed E-state index contributed by atoms with van der Waals surface area (Å²) in [6.07, 6.45) is -2.77. The molecule has 3 nitrogen and oxygen atoms in total. The first-order valence-corrected chi connectivity index (χ1v) is 11.1. The number of oxime groups is 1. The Morgan fingerprint density at radius 1 is 0.909 bits per heavy atom. The molecule has 4 rings (SSSR count). The zero-order valence-electron chi connectivity index (χ0n) is 19.6. The van der Waals surface area contributed by atoms with Crippen molar-refractivity contribution in [3.05, 3.63) is 77.0 Å². The Morgan fingerprint density at radius 2 is 1.52 bits per heavy atom. The molecule has 1 aliphatic carbocycles. The molecular weight excluding hydrogens is 425 g/mol. The summed E-state index contributed by atoms with van der Waals surface area (Å²) >= 11 is 0. The topological polar surface area (TPSA) is 26.5 Å². The number of benzene rings is 2. The summed E-state index contributed by atoms with van der Waals surface area (Å²) in [5.41, 5.74) is 6.12. The van der Waals surface area contributed by atoms with E-state index in [0.29, 0.717) is 11.6 Å². The van der Waals surface area contributed by atoms with Crippen LogP contribution in [0.15, 0.2) is 59.8 Å². The smallest absolute Gasteiger partial charge is 0.399 e. The van der Waals surface area contributed by atoms with Gasteiger partial charge in [0.1, 0.15) is 7.11 Å². The van der Waals surface area contributed by atoms with Gasteiger partial charge in [-0.3, -0.25) is 0 Å². The van der Waals surface area contributed by atoms with Gasteiger partial charge in [-0.05, 0) is 65.6 Å². The predicted octanol–water partition coefficient (Wildman–Crippen LogP) is 7.39.